The Balaban J connectivity index is 1.69. The van der Waals surface area contributed by atoms with Crippen LogP contribution in [0.5, 0.6) is 5.75 Å². The lowest BCUT2D eigenvalue weighted by Gasteiger charge is -2.34. The number of aliphatic hydroxyl groups excluding tert-OH is 1. The molecule has 4 rings (SSSR count). The number of ether oxygens (including phenoxy) is 1. The van der Waals surface area contributed by atoms with Crippen molar-refractivity contribution < 1.29 is 9.84 Å². The first kappa shape index (κ1) is 24.3. The number of pyridine rings is 1. The normalized spacial score (nSPS) is 15.6. The second kappa shape index (κ2) is 11.1. The lowest BCUT2D eigenvalue weighted by atomic mass is 9.99. The molecule has 0 amide bonds. The molecule has 184 valence electrons. The summed E-state index contributed by atoms with van der Waals surface area (Å²) in [7, 11) is 0. The summed E-state index contributed by atoms with van der Waals surface area (Å²) in [6.45, 7) is 8.00. The fourth-order valence-corrected chi connectivity index (χ4v) is 5.10. The molecule has 0 radical (unpaired) electrons. The van der Waals surface area contributed by atoms with Gasteiger partial charge in [-0.3, -0.25) is 9.69 Å². The van der Waals surface area contributed by atoms with Gasteiger partial charge in [0, 0.05) is 36.2 Å². The number of hydrogen-bond acceptors (Lipinski definition) is 7. The second-order valence-electron chi connectivity index (χ2n) is 9.46. The van der Waals surface area contributed by atoms with Crippen LogP contribution in [0.2, 0.25) is 0 Å². The number of nitrogens with zero attached hydrogens (tertiary/aromatic N) is 5. The summed E-state index contributed by atoms with van der Waals surface area (Å²) in [5.41, 5.74) is 1.35. The predicted octanol–water partition coefficient (Wildman–Crippen LogP) is 3.61. The first-order chi connectivity index (χ1) is 16.5. The van der Waals surface area contributed by atoms with Crippen molar-refractivity contribution in [3.8, 4) is 5.75 Å². The number of aromatic amines is 1. The largest absolute Gasteiger partial charge is 0.494 e. The molecule has 1 aliphatic carbocycles. The van der Waals surface area contributed by atoms with Gasteiger partial charge < -0.3 is 14.8 Å². The summed E-state index contributed by atoms with van der Waals surface area (Å²) in [6.07, 6.45) is 5.17. The summed E-state index contributed by atoms with van der Waals surface area (Å²) in [4.78, 5) is 18.3. The zero-order chi connectivity index (χ0) is 24.1. The number of benzene rings is 1. The Morgan fingerprint density at radius 1 is 1.26 bits per heavy atom. The van der Waals surface area contributed by atoms with Gasteiger partial charge in [0.15, 0.2) is 5.82 Å². The molecule has 34 heavy (non-hydrogen) atoms. The van der Waals surface area contributed by atoms with Crippen LogP contribution in [-0.2, 0) is 6.54 Å². The van der Waals surface area contributed by atoms with E-state index in [-0.39, 0.29) is 24.1 Å². The molecule has 3 aromatic rings. The van der Waals surface area contributed by atoms with Gasteiger partial charge in [0.2, 0.25) is 0 Å². The number of nitrogens with one attached hydrogen (secondary N) is 1. The van der Waals surface area contributed by atoms with Crippen molar-refractivity contribution in [3.05, 3.63) is 46.0 Å². The number of hydrogen-bond donors (Lipinski definition) is 2. The number of fused-ring (bicyclic) bond motifs is 1. The summed E-state index contributed by atoms with van der Waals surface area (Å²) >= 11 is 0. The number of H-pyrrole nitrogens is 1. The van der Waals surface area contributed by atoms with Crippen LogP contribution in [0, 0.1) is 5.92 Å². The summed E-state index contributed by atoms with van der Waals surface area (Å²) in [5, 5.41) is 23.4. The SMILES string of the molecule is CCOc1ccc2[nH]c(=O)c(CN(CCCO)[C@H](c3nnnn3C3CCCC3)C(C)C)cc2c1. The molecule has 0 bridgehead atoms. The lowest BCUT2D eigenvalue weighted by Crippen LogP contribution is -2.37. The third-order valence-electron chi connectivity index (χ3n) is 6.66. The standard InChI is InChI=1S/C25H36N6O3/c1-4-34-21-10-11-22-18(15-21)14-19(25(33)26-22)16-30(12-7-13-32)23(17(2)3)24-27-28-29-31(24)20-8-5-6-9-20/h10-11,14-15,17,20,23,32H,4-9,12-13,16H2,1-3H3,(H,26,33)/t23-/m0/s1. The van der Waals surface area contributed by atoms with Gasteiger partial charge in [0.05, 0.1) is 18.7 Å². The van der Waals surface area contributed by atoms with Crippen molar-refractivity contribution in [2.75, 3.05) is 19.8 Å². The topological polar surface area (TPSA) is 109 Å². The van der Waals surface area contributed by atoms with Gasteiger partial charge in [-0.15, -0.1) is 5.10 Å². The van der Waals surface area contributed by atoms with Crippen LogP contribution < -0.4 is 10.3 Å². The molecule has 9 heteroatoms. The average Bonchev–Trinajstić information content (AvgIpc) is 3.50. The third kappa shape index (κ3) is 5.31. The van der Waals surface area contributed by atoms with Crippen LogP contribution in [0.4, 0.5) is 0 Å². The lowest BCUT2D eigenvalue weighted by molar-refractivity contribution is 0.120. The summed E-state index contributed by atoms with van der Waals surface area (Å²) < 4.78 is 7.65. The smallest absolute Gasteiger partial charge is 0.252 e. The maximum Gasteiger partial charge on any atom is 0.252 e. The third-order valence-corrected chi connectivity index (χ3v) is 6.66. The monoisotopic (exact) mass is 468 g/mol. The fourth-order valence-electron chi connectivity index (χ4n) is 5.10. The summed E-state index contributed by atoms with van der Waals surface area (Å²) in [6, 6.07) is 7.89. The van der Waals surface area contributed by atoms with Crippen LogP contribution in [0.3, 0.4) is 0 Å². The van der Waals surface area contributed by atoms with E-state index in [2.05, 4.69) is 39.3 Å². The molecule has 0 unspecified atom stereocenters. The van der Waals surface area contributed by atoms with E-state index in [1.54, 1.807) is 0 Å². The predicted molar refractivity (Wildman–Crippen MR) is 131 cm³/mol. The average molecular weight is 469 g/mol. The van der Waals surface area contributed by atoms with E-state index in [4.69, 9.17) is 4.74 Å². The molecule has 9 nitrogen and oxygen atoms in total. The summed E-state index contributed by atoms with van der Waals surface area (Å²) in [5.74, 6) is 1.84. The Morgan fingerprint density at radius 3 is 2.76 bits per heavy atom. The molecule has 0 spiro atoms. The first-order valence-electron chi connectivity index (χ1n) is 12.4. The van der Waals surface area contributed by atoms with Gasteiger partial charge in [-0.2, -0.15) is 0 Å². The minimum Gasteiger partial charge on any atom is -0.494 e. The van der Waals surface area contributed by atoms with Crippen LogP contribution in [0.15, 0.2) is 29.1 Å². The molecule has 1 aliphatic rings. The quantitative estimate of drug-likeness (QED) is 0.442. The highest BCUT2D eigenvalue weighted by molar-refractivity contribution is 5.80. The number of aromatic nitrogens is 5. The van der Waals surface area contributed by atoms with Gasteiger partial charge in [-0.25, -0.2) is 4.68 Å². The number of rotatable bonds is 11. The van der Waals surface area contributed by atoms with Gasteiger partial charge in [-0.05, 0) is 66.8 Å². The maximum atomic E-state index is 13.0. The van der Waals surface area contributed by atoms with Gasteiger partial charge >= 0.3 is 0 Å². The van der Waals surface area contributed by atoms with E-state index in [0.717, 1.165) is 35.3 Å². The van der Waals surface area contributed by atoms with Gasteiger partial charge in [-0.1, -0.05) is 26.7 Å². The highest BCUT2D eigenvalue weighted by Gasteiger charge is 2.32. The zero-order valence-electron chi connectivity index (χ0n) is 20.4. The molecule has 2 N–H and O–H groups in total. The van der Waals surface area contributed by atoms with Crippen molar-refractivity contribution in [2.45, 2.75) is 71.5 Å². The van der Waals surface area contributed by atoms with E-state index in [1.165, 1.54) is 12.8 Å². The minimum absolute atomic E-state index is 0.0768. The Morgan fingerprint density at radius 2 is 2.06 bits per heavy atom. The maximum absolute atomic E-state index is 13.0. The molecule has 1 aromatic carbocycles. The van der Waals surface area contributed by atoms with Crippen molar-refractivity contribution in [2.24, 2.45) is 5.92 Å². The number of tetrazole rings is 1. The Bertz CT molecular complexity index is 1140. The van der Waals surface area contributed by atoms with Crippen LogP contribution in [0.25, 0.3) is 10.9 Å². The molecule has 2 heterocycles. The molecule has 1 fully saturated rings. The Kier molecular flexibility index (Phi) is 7.95. The van der Waals surface area contributed by atoms with Crippen molar-refractivity contribution >= 4 is 10.9 Å². The highest BCUT2D eigenvalue weighted by Crippen LogP contribution is 2.34. The zero-order valence-corrected chi connectivity index (χ0v) is 20.4. The minimum atomic E-state index is -0.108. The van der Waals surface area contributed by atoms with Crippen LogP contribution in [0.1, 0.15) is 76.3 Å². The van der Waals surface area contributed by atoms with E-state index >= 15 is 0 Å². The van der Waals surface area contributed by atoms with Gasteiger partial charge in [0.25, 0.3) is 5.56 Å². The Labute approximate surface area is 200 Å². The molecule has 1 saturated carbocycles. The Hall–Kier alpha value is -2.78. The molecule has 1 atom stereocenters. The van der Waals surface area contributed by atoms with Crippen LogP contribution in [-0.4, -0.2) is 55.0 Å². The van der Waals surface area contributed by atoms with E-state index in [1.807, 2.05) is 35.9 Å². The molecule has 2 aromatic heterocycles. The van der Waals surface area contributed by atoms with Crippen LogP contribution >= 0.6 is 0 Å². The highest BCUT2D eigenvalue weighted by atomic mass is 16.5. The van der Waals surface area contributed by atoms with Crippen molar-refractivity contribution in [1.82, 2.24) is 30.1 Å². The van der Waals surface area contributed by atoms with Crippen molar-refractivity contribution in [3.63, 3.8) is 0 Å². The van der Waals surface area contributed by atoms with Gasteiger partial charge in [0.1, 0.15) is 5.75 Å². The van der Waals surface area contributed by atoms with Crippen molar-refractivity contribution in [1.29, 1.82) is 0 Å². The molecular formula is C25H36N6O3. The second-order valence-corrected chi connectivity index (χ2v) is 9.46. The fraction of sp³-hybridized carbons (Fsp3) is 0.600. The molecule has 0 saturated heterocycles. The molecular weight excluding hydrogens is 432 g/mol. The van der Waals surface area contributed by atoms with E-state index in [9.17, 15) is 9.90 Å². The molecule has 0 aliphatic heterocycles. The number of aliphatic hydroxyl groups is 1. The van der Waals surface area contributed by atoms with E-state index < -0.39 is 0 Å². The van der Waals surface area contributed by atoms with E-state index in [0.29, 0.717) is 37.7 Å². The first-order valence-corrected chi connectivity index (χ1v) is 12.4.